The summed E-state index contributed by atoms with van der Waals surface area (Å²) in [5.41, 5.74) is 6.56. The van der Waals surface area contributed by atoms with E-state index in [1.165, 1.54) is 0 Å². The fraction of sp³-hybridized carbons (Fsp3) is 0.423. The monoisotopic (exact) mass is 448 g/mol. The first-order chi connectivity index (χ1) is 15.8. The van der Waals surface area contributed by atoms with Gasteiger partial charge in [-0.25, -0.2) is 4.98 Å². The van der Waals surface area contributed by atoms with Crippen LogP contribution in [0.5, 0.6) is 0 Å². The first-order valence-corrected chi connectivity index (χ1v) is 11.5. The zero-order chi connectivity index (χ0) is 23.7. The highest BCUT2D eigenvalue weighted by Crippen LogP contribution is 2.30. The predicted molar refractivity (Wildman–Crippen MR) is 128 cm³/mol. The van der Waals surface area contributed by atoms with Gasteiger partial charge in [0, 0.05) is 43.8 Å². The molecule has 2 aromatic heterocycles. The van der Waals surface area contributed by atoms with Crippen molar-refractivity contribution in [3.05, 3.63) is 58.9 Å². The molecule has 7 heteroatoms. The summed E-state index contributed by atoms with van der Waals surface area (Å²) in [6, 6.07) is 9.95. The Labute approximate surface area is 194 Å². The topological polar surface area (TPSA) is 75.9 Å². The summed E-state index contributed by atoms with van der Waals surface area (Å²) in [6.45, 7) is 11.3. The number of imidazole rings is 1. The van der Waals surface area contributed by atoms with Gasteiger partial charge in [0.2, 0.25) is 5.91 Å². The van der Waals surface area contributed by atoms with Gasteiger partial charge in [0.05, 0.1) is 30.1 Å². The number of aromatic nitrogens is 2. The highest BCUT2D eigenvalue weighted by atomic mass is 16.5. The van der Waals surface area contributed by atoms with Gasteiger partial charge < -0.3 is 19.4 Å². The van der Waals surface area contributed by atoms with Crippen LogP contribution in [0.2, 0.25) is 0 Å². The van der Waals surface area contributed by atoms with Crippen LogP contribution in [0.25, 0.3) is 16.9 Å². The number of fused-ring (bicyclic) bond motifs is 1. The zero-order valence-electron chi connectivity index (χ0n) is 20.0. The van der Waals surface area contributed by atoms with Gasteiger partial charge in [-0.1, -0.05) is 6.07 Å². The third kappa shape index (κ3) is 4.64. The minimum Gasteiger partial charge on any atom is -0.374 e. The van der Waals surface area contributed by atoms with E-state index in [0.29, 0.717) is 31.7 Å². The molecule has 1 saturated heterocycles. The number of rotatable bonds is 5. The third-order valence-electron chi connectivity index (χ3n) is 6.29. The summed E-state index contributed by atoms with van der Waals surface area (Å²) >= 11 is 0. The fourth-order valence-corrected chi connectivity index (χ4v) is 4.54. The summed E-state index contributed by atoms with van der Waals surface area (Å²) in [5, 5.41) is 2.85. The number of hydrogen-bond acceptors (Lipinski definition) is 4. The van der Waals surface area contributed by atoms with Gasteiger partial charge in [0.25, 0.3) is 5.91 Å². The second-order valence-electron chi connectivity index (χ2n) is 8.91. The quantitative estimate of drug-likeness (QED) is 0.648. The SMILES string of the molecule is CCNC(=O)c1ccc(-c2nc3cc(C)ccn3c2C[C@H]2CN(C(C)=O)[C@H](C)CO2)c(C)c1. The Hall–Kier alpha value is -3.19. The van der Waals surface area contributed by atoms with Crippen LogP contribution in [0.15, 0.2) is 36.5 Å². The highest BCUT2D eigenvalue weighted by molar-refractivity contribution is 5.95. The molecule has 1 N–H and O–H groups in total. The smallest absolute Gasteiger partial charge is 0.251 e. The molecule has 0 radical (unpaired) electrons. The van der Waals surface area contributed by atoms with E-state index < -0.39 is 0 Å². The molecule has 0 saturated carbocycles. The number of aryl methyl sites for hydroxylation is 2. The van der Waals surface area contributed by atoms with Crippen LogP contribution in [-0.4, -0.2) is 57.9 Å². The maximum atomic E-state index is 12.3. The lowest BCUT2D eigenvalue weighted by Gasteiger charge is -2.37. The average Bonchev–Trinajstić information content (AvgIpc) is 3.11. The maximum absolute atomic E-state index is 12.3. The van der Waals surface area contributed by atoms with Crippen LogP contribution in [0.3, 0.4) is 0 Å². The lowest BCUT2D eigenvalue weighted by atomic mass is 9.98. The molecular formula is C26H32N4O3. The van der Waals surface area contributed by atoms with Gasteiger partial charge in [0.15, 0.2) is 0 Å². The average molecular weight is 449 g/mol. The molecule has 0 aliphatic carbocycles. The van der Waals surface area contributed by atoms with E-state index in [1.807, 2.05) is 50.1 Å². The molecule has 4 rings (SSSR count). The second kappa shape index (κ2) is 9.35. The van der Waals surface area contributed by atoms with Crippen LogP contribution in [0, 0.1) is 13.8 Å². The molecule has 174 valence electrons. The van der Waals surface area contributed by atoms with E-state index in [1.54, 1.807) is 6.92 Å². The summed E-state index contributed by atoms with van der Waals surface area (Å²) < 4.78 is 8.24. The number of ether oxygens (including phenoxy) is 1. The number of carbonyl (C=O) groups excluding carboxylic acids is 2. The van der Waals surface area contributed by atoms with Crippen molar-refractivity contribution in [1.82, 2.24) is 19.6 Å². The molecule has 1 aromatic carbocycles. The van der Waals surface area contributed by atoms with Gasteiger partial charge in [-0.15, -0.1) is 0 Å². The maximum Gasteiger partial charge on any atom is 0.251 e. The highest BCUT2D eigenvalue weighted by Gasteiger charge is 2.30. The Morgan fingerprint density at radius 2 is 2.00 bits per heavy atom. The van der Waals surface area contributed by atoms with Gasteiger partial charge in [-0.05, 0) is 63.1 Å². The van der Waals surface area contributed by atoms with Crippen molar-refractivity contribution in [1.29, 1.82) is 0 Å². The molecule has 0 unspecified atom stereocenters. The Balaban J connectivity index is 1.74. The fourth-order valence-electron chi connectivity index (χ4n) is 4.54. The van der Waals surface area contributed by atoms with Crippen molar-refractivity contribution in [3.63, 3.8) is 0 Å². The van der Waals surface area contributed by atoms with Gasteiger partial charge in [-0.3, -0.25) is 9.59 Å². The van der Waals surface area contributed by atoms with Gasteiger partial charge >= 0.3 is 0 Å². The number of hydrogen-bond donors (Lipinski definition) is 1. The minimum absolute atomic E-state index is 0.0709. The van der Waals surface area contributed by atoms with E-state index in [0.717, 1.165) is 33.7 Å². The van der Waals surface area contributed by atoms with E-state index in [4.69, 9.17) is 9.72 Å². The summed E-state index contributed by atoms with van der Waals surface area (Å²) in [4.78, 5) is 31.2. The van der Waals surface area contributed by atoms with E-state index in [9.17, 15) is 9.59 Å². The molecule has 3 heterocycles. The van der Waals surface area contributed by atoms with Crippen molar-refractivity contribution in [2.75, 3.05) is 19.7 Å². The summed E-state index contributed by atoms with van der Waals surface area (Å²) in [5.74, 6) is -0.00590. The predicted octanol–water partition coefficient (Wildman–Crippen LogP) is 3.55. The molecule has 1 fully saturated rings. The lowest BCUT2D eigenvalue weighted by Crippen LogP contribution is -2.50. The van der Waals surface area contributed by atoms with Crippen LogP contribution < -0.4 is 5.32 Å². The number of carbonyl (C=O) groups is 2. The lowest BCUT2D eigenvalue weighted by molar-refractivity contribution is -0.141. The van der Waals surface area contributed by atoms with Crippen LogP contribution in [-0.2, 0) is 16.0 Å². The number of benzene rings is 1. The number of morpholine rings is 1. The van der Waals surface area contributed by atoms with Crippen molar-refractivity contribution in [2.24, 2.45) is 0 Å². The Kier molecular flexibility index (Phi) is 6.51. The Morgan fingerprint density at radius 3 is 2.70 bits per heavy atom. The summed E-state index contributed by atoms with van der Waals surface area (Å²) in [6.07, 6.45) is 2.57. The first kappa shape index (κ1) is 23.0. The molecule has 1 aliphatic heterocycles. The van der Waals surface area contributed by atoms with Crippen LogP contribution >= 0.6 is 0 Å². The third-order valence-corrected chi connectivity index (χ3v) is 6.29. The first-order valence-electron chi connectivity index (χ1n) is 11.5. The van der Waals surface area contributed by atoms with Gasteiger partial charge in [0.1, 0.15) is 5.65 Å². The number of nitrogens with zero attached hydrogens (tertiary/aromatic N) is 3. The number of nitrogens with one attached hydrogen (secondary N) is 1. The normalized spacial score (nSPS) is 18.5. The molecule has 1 aliphatic rings. The molecule has 2 amide bonds. The van der Waals surface area contributed by atoms with Gasteiger partial charge in [-0.2, -0.15) is 0 Å². The van der Waals surface area contributed by atoms with E-state index in [2.05, 4.69) is 28.8 Å². The molecule has 7 nitrogen and oxygen atoms in total. The van der Waals surface area contributed by atoms with E-state index >= 15 is 0 Å². The molecule has 3 aromatic rings. The second-order valence-corrected chi connectivity index (χ2v) is 8.91. The molecule has 0 bridgehead atoms. The number of pyridine rings is 1. The van der Waals surface area contributed by atoms with Crippen LogP contribution in [0.4, 0.5) is 0 Å². The number of amides is 2. The zero-order valence-corrected chi connectivity index (χ0v) is 20.0. The van der Waals surface area contributed by atoms with Crippen molar-refractivity contribution in [3.8, 4) is 11.3 Å². The Bertz CT molecular complexity index is 1200. The Morgan fingerprint density at radius 1 is 1.21 bits per heavy atom. The summed E-state index contributed by atoms with van der Waals surface area (Å²) in [7, 11) is 0. The standard InChI is InChI=1S/C26H32N4O3/c1-6-27-26(32)20-7-8-22(17(3)12-20)25-23(29-10-9-16(2)11-24(29)28-25)13-21-14-30(19(5)31)18(4)15-33-21/h7-12,18,21H,6,13-15H2,1-5H3,(H,27,32)/t18-,21+/m1/s1. The van der Waals surface area contributed by atoms with Crippen LogP contribution in [0.1, 0.15) is 48.0 Å². The van der Waals surface area contributed by atoms with E-state index in [-0.39, 0.29) is 24.0 Å². The van der Waals surface area contributed by atoms with Crippen molar-refractivity contribution in [2.45, 2.75) is 53.2 Å². The molecule has 33 heavy (non-hydrogen) atoms. The molecule has 0 spiro atoms. The van der Waals surface area contributed by atoms with Crippen molar-refractivity contribution < 1.29 is 14.3 Å². The van der Waals surface area contributed by atoms with Crippen molar-refractivity contribution >= 4 is 17.5 Å². The molecule has 2 atom stereocenters. The largest absolute Gasteiger partial charge is 0.374 e. The molecular weight excluding hydrogens is 416 g/mol. The minimum atomic E-state index is -0.111.